The average Bonchev–Trinajstić information content (AvgIpc) is 3.32. The fourth-order valence-corrected chi connectivity index (χ4v) is 3.88. The zero-order valence-corrected chi connectivity index (χ0v) is 14.9. The quantitative estimate of drug-likeness (QED) is 0.908. The smallest absolute Gasteiger partial charge is 0.317 e. The minimum absolute atomic E-state index is 0.0498. The number of carbonyl (C=O) groups is 1. The number of hydrogen-bond donors (Lipinski definition) is 1. The van der Waals surface area contributed by atoms with Crippen LogP contribution in [0.5, 0.6) is 5.75 Å². The van der Waals surface area contributed by atoms with Crippen molar-refractivity contribution in [1.82, 2.24) is 15.1 Å². The van der Waals surface area contributed by atoms with Crippen molar-refractivity contribution in [3.63, 3.8) is 0 Å². The Balaban J connectivity index is 1.31. The van der Waals surface area contributed by atoms with Gasteiger partial charge >= 0.3 is 6.03 Å². The van der Waals surface area contributed by atoms with E-state index in [1.807, 2.05) is 4.90 Å². The number of amides is 2. The number of fused-ring (bicyclic) bond motifs is 1. The number of rotatable bonds is 3. The summed E-state index contributed by atoms with van der Waals surface area (Å²) < 4.78 is 11.0. The summed E-state index contributed by atoms with van der Waals surface area (Å²) in [6, 6.07) is 7.16. The van der Waals surface area contributed by atoms with Crippen LogP contribution in [-0.2, 0) is 11.2 Å². The maximum absolute atomic E-state index is 12.4. The molecule has 6 nitrogen and oxygen atoms in total. The lowest BCUT2D eigenvalue weighted by Gasteiger charge is -2.38. The molecule has 25 heavy (non-hydrogen) atoms. The predicted molar refractivity (Wildman–Crippen MR) is 95.0 cm³/mol. The van der Waals surface area contributed by atoms with Crippen LogP contribution in [0.2, 0.25) is 0 Å². The van der Waals surface area contributed by atoms with Crippen molar-refractivity contribution in [1.29, 1.82) is 0 Å². The van der Waals surface area contributed by atoms with E-state index in [2.05, 4.69) is 35.3 Å². The molecule has 2 amide bonds. The number of nitrogens with one attached hydrogen (secondary N) is 1. The van der Waals surface area contributed by atoms with E-state index in [4.69, 9.17) is 9.47 Å². The number of piperazine rings is 1. The Morgan fingerprint density at radius 3 is 2.84 bits per heavy atom. The Morgan fingerprint density at radius 2 is 2.08 bits per heavy atom. The number of urea groups is 1. The third-order valence-corrected chi connectivity index (χ3v) is 5.61. The predicted octanol–water partition coefficient (Wildman–Crippen LogP) is 1.80. The first-order chi connectivity index (χ1) is 12.2. The molecule has 0 bridgehead atoms. The largest absolute Gasteiger partial charge is 0.493 e. The molecule has 2 unspecified atom stereocenters. The molecule has 4 rings (SSSR count). The van der Waals surface area contributed by atoms with Crippen LogP contribution in [0.15, 0.2) is 18.2 Å². The van der Waals surface area contributed by atoms with Gasteiger partial charge in [-0.2, -0.15) is 0 Å². The van der Waals surface area contributed by atoms with Crippen molar-refractivity contribution < 1.29 is 14.3 Å². The van der Waals surface area contributed by atoms with Crippen LogP contribution in [0, 0.1) is 0 Å². The highest BCUT2D eigenvalue weighted by Gasteiger charge is 2.27. The molecule has 0 aromatic heterocycles. The molecule has 1 N–H and O–H groups in total. The standard InChI is InChI=1S/C19H27N3O3/c1-14(16-3-2-15-4-11-25-18(15)12-16)21-6-8-22(9-7-21)19(23)20-17-5-10-24-13-17/h2-3,12,14,17H,4-11,13H2,1H3,(H,20,23). The molecule has 2 atom stereocenters. The normalized spacial score (nSPS) is 24.7. The molecule has 3 heterocycles. The van der Waals surface area contributed by atoms with Crippen molar-refractivity contribution in [3.8, 4) is 5.75 Å². The Bertz CT molecular complexity index is 622. The topological polar surface area (TPSA) is 54.0 Å². The Hall–Kier alpha value is -1.79. The lowest BCUT2D eigenvalue weighted by atomic mass is 10.0. The lowest BCUT2D eigenvalue weighted by Crippen LogP contribution is -2.53. The number of ether oxygens (including phenoxy) is 2. The monoisotopic (exact) mass is 345 g/mol. The summed E-state index contributed by atoms with van der Waals surface area (Å²) in [5.41, 5.74) is 2.61. The van der Waals surface area contributed by atoms with Crippen molar-refractivity contribution in [2.24, 2.45) is 0 Å². The van der Waals surface area contributed by atoms with Gasteiger partial charge in [-0.15, -0.1) is 0 Å². The van der Waals surface area contributed by atoms with Gasteiger partial charge in [0.15, 0.2) is 0 Å². The van der Waals surface area contributed by atoms with Gasteiger partial charge in [-0.1, -0.05) is 12.1 Å². The van der Waals surface area contributed by atoms with Crippen LogP contribution in [0.4, 0.5) is 4.79 Å². The maximum Gasteiger partial charge on any atom is 0.317 e. The molecule has 2 fully saturated rings. The van der Waals surface area contributed by atoms with Crippen LogP contribution in [0.25, 0.3) is 0 Å². The summed E-state index contributed by atoms with van der Waals surface area (Å²) in [7, 11) is 0. The van der Waals surface area contributed by atoms with Crippen molar-refractivity contribution in [2.45, 2.75) is 31.8 Å². The number of nitrogens with zero attached hydrogens (tertiary/aromatic N) is 2. The van der Waals surface area contributed by atoms with E-state index >= 15 is 0 Å². The second-order valence-electron chi connectivity index (χ2n) is 7.17. The molecular formula is C19H27N3O3. The summed E-state index contributed by atoms with van der Waals surface area (Å²) >= 11 is 0. The minimum atomic E-state index is 0.0498. The van der Waals surface area contributed by atoms with E-state index in [1.54, 1.807) is 0 Å². The van der Waals surface area contributed by atoms with E-state index in [9.17, 15) is 4.79 Å². The highest BCUT2D eigenvalue weighted by atomic mass is 16.5. The van der Waals surface area contributed by atoms with E-state index < -0.39 is 0 Å². The third-order valence-electron chi connectivity index (χ3n) is 5.61. The second kappa shape index (κ2) is 7.22. The summed E-state index contributed by atoms with van der Waals surface area (Å²) in [6.45, 7) is 7.76. The van der Waals surface area contributed by atoms with Gasteiger partial charge in [0.2, 0.25) is 0 Å². The number of carbonyl (C=O) groups excluding carboxylic acids is 1. The number of hydrogen-bond acceptors (Lipinski definition) is 4. The molecule has 2 saturated heterocycles. The van der Waals surface area contributed by atoms with Crippen LogP contribution < -0.4 is 10.1 Å². The third kappa shape index (κ3) is 3.60. The summed E-state index contributed by atoms with van der Waals surface area (Å²) in [5, 5.41) is 3.08. The molecule has 0 radical (unpaired) electrons. The van der Waals surface area contributed by atoms with Gasteiger partial charge in [0, 0.05) is 45.2 Å². The van der Waals surface area contributed by atoms with E-state index in [0.717, 1.165) is 58.0 Å². The first-order valence-electron chi connectivity index (χ1n) is 9.33. The molecule has 1 aromatic carbocycles. The summed E-state index contributed by atoms with van der Waals surface area (Å²) in [6.07, 6.45) is 1.94. The highest BCUT2D eigenvalue weighted by molar-refractivity contribution is 5.74. The molecule has 0 saturated carbocycles. The van der Waals surface area contributed by atoms with E-state index in [0.29, 0.717) is 12.6 Å². The highest BCUT2D eigenvalue weighted by Crippen LogP contribution is 2.30. The van der Waals surface area contributed by atoms with Crippen molar-refractivity contribution >= 4 is 6.03 Å². The van der Waals surface area contributed by atoms with Gasteiger partial charge < -0.3 is 19.7 Å². The SMILES string of the molecule is CC(c1ccc2c(c1)OCC2)N1CCN(C(=O)NC2CCOC2)CC1. The first-order valence-corrected chi connectivity index (χ1v) is 9.33. The molecule has 0 aliphatic carbocycles. The van der Waals surface area contributed by atoms with Crippen LogP contribution in [0.1, 0.15) is 30.5 Å². The van der Waals surface area contributed by atoms with Crippen LogP contribution in [-0.4, -0.2) is 67.9 Å². The summed E-state index contributed by atoms with van der Waals surface area (Å²) in [4.78, 5) is 16.7. The Morgan fingerprint density at radius 1 is 1.24 bits per heavy atom. The molecular weight excluding hydrogens is 318 g/mol. The zero-order chi connectivity index (χ0) is 17.2. The van der Waals surface area contributed by atoms with Crippen molar-refractivity contribution in [3.05, 3.63) is 29.3 Å². The van der Waals surface area contributed by atoms with Crippen LogP contribution >= 0.6 is 0 Å². The molecule has 1 aromatic rings. The molecule has 136 valence electrons. The fourth-order valence-electron chi connectivity index (χ4n) is 3.88. The molecule has 0 spiro atoms. The van der Waals surface area contributed by atoms with Gasteiger partial charge in [0.25, 0.3) is 0 Å². The Kier molecular flexibility index (Phi) is 4.81. The fraction of sp³-hybridized carbons (Fsp3) is 0.632. The first kappa shape index (κ1) is 16.7. The Labute approximate surface area is 149 Å². The lowest BCUT2D eigenvalue weighted by molar-refractivity contribution is 0.111. The maximum atomic E-state index is 12.4. The van der Waals surface area contributed by atoms with Gasteiger partial charge in [-0.05, 0) is 30.5 Å². The van der Waals surface area contributed by atoms with E-state index in [1.165, 1.54) is 11.1 Å². The van der Waals surface area contributed by atoms with E-state index in [-0.39, 0.29) is 12.1 Å². The van der Waals surface area contributed by atoms with Crippen LogP contribution in [0.3, 0.4) is 0 Å². The molecule has 6 heteroatoms. The van der Waals surface area contributed by atoms with Gasteiger partial charge in [-0.3, -0.25) is 4.90 Å². The molecule has 3 aliphatic heterocycles. The van der Waals surface area contributed by atoms with Gasteiger partial charge in [-0.25, -0.2) is 4.79 Å². The van der Waals surface area contributed by atoms with Gasteiger partial charge in [0.05, 0.1) is 19.3 Å². The average molecular weight is 345 g/mol. The number of benzene rings is 1. The summed E-state index contributed by atoms with van der Waals surface area (Å²) in [5.74, 6) is 1.04. The zero-order valence-electron chi connectivity index (χ0n) is 14.9. The van der Waals surface area contributed by atoms with Gasteiger partial charge in [0.1, 0.15) is 5.75 Å². The minimum Gasteiger partial charge on any atom is -0.493 e. The second-order valence-corrected chi connectivity index (χ2v) is 7.17. The van der Waals surface area contributed by atoms with Crippen molar-refractivity contribution in [2.75, 3.05) is 46.0 Å². The molecule has 3 aliphatic rings.